The van der Waals surface area contributed by atoms with E-state index in [9.17, 15) is 14.7 Å². The van der Waals surface area contributed by atoms with Crippen molar-refractivity contribution in [1.82, 2.24) is 4.90 Å². The molecule has 1 amide bonds. The summed E-state index contributed by atoms with van der Waals surface area (Å²) >= 11 is 0. The van der Waals surface area contributed by atoms with Gasteiger partial charge in [0.2, 0.25) is 0 Å². The molecular formula is C30H31NO4. The Morgan fingerprint density at radius 3 is 2.20 bits per heavy atom. The number of carbonyl (C=O) groups excluding carboxylic acids is 2. The van der Waals surface area contributed by atoms with E-state index in [2.05, 4.69) is 6.92 Å². The zero-order valence-electron chi connectivity index (χ0n) is 20.0. The fraction of sp³-hybridized carbons (Fsp3) is 0.267. The predicted octanol–water partition coefficient (Wildman–Crippen LogP) is 5.92. The molecule has 1 aliphatic heterocycles. The molecule has 0 spiro atoms. The van der Waals surface area contributed by atoms with Crippen LogP contribution in [0.5, 0.6) is 5.75 Å². The van der Waals surface area contributed by atoms with Crippen molar-refractivity contribution < 1.29 is 19.4 Å². The summed E-state index contributed by atoms with van der Waals surface area (Å²) in [7, 11) is 0. The molecule has 35 heavy (non-hydrogen) atoms. The maximum absolute atomic E-state index is 13.2. The minimum absolute atomic E-state index is 0.117. The average Bonchev–Trinajstić information content (AvgIpc) is 3.16. The van der Waals surface area contributed by atoms with Crippen LogP contribution in [0, 0.1) is 0 Å². The number of nitrogens with zero attached hydrogens (tertiary/aromatic N) is 1. The number of likely N-dealkylation sites (tertiary alicyclic amines) is 1. The van der Waals surface area contributed by atoms with Gasteiger partial charge in [-0.15, -0.1) is 0 Å². The lowest BCUT2D eigenvalue weighted by atomic mass is 9.95. The summed E-state index contributed by atoms with van der Waals surface area (Å²) in [6.45, 7) is 3.16. The summed E-state index contributed by atoms with van der Waals surface area (Å²) in [6, 6.07) is 25.5. The third kappa shape index (κ3) is 5.62. The van der Waals surface area contributed by atoms with Crippen molar-refractivity contribution in [3.05, 3.63) is 107 Å². The monoisotopic (exact) mass is 469 g/mol. The first-order chi connectivity index (χ1) is 17.1. The number of hydrogen-bond acceptors (Lipinski definition) is 4. The number of carbonyl (C=O) groups is 2. The molecule has 5 heteroatoms. The van der Waals surface area contributed by atoms with Crippen LogP contribution in [0.3, 0.4) is 0 Å². The van der Waals surface area contributed by atoms with E-state index < -0.39 is 17.7 Å². The lowest BCUT2D eigenvalue weighted by Gasteiger charge is -2.25. The quantitative estimate of drug-likeness (QED) is 0.173. The topological polar surface area (TPSA) is 66.8 Å². The van der Waals surface area contributed by atoms with E-state index in [1.807, 2.05) is 60.7 Å². The second kappa shape index (κ2) is 11.5. The van der Waals surface area contributed by atoms with E-state index in [0.29, 0.717) is 25.1 Å². The van der Waals surface area contributed by atoms with Gasteiger partial charge in [0.25, 0.3) is 11.7 Å². The van der Waals surface area contributed by atoms with Gasteiger partial charge in [0.15, 0.2) is 0 Å². The third-order valence-electron chi connectivity index (χ3n) is 6.28. The number of benzene rings is 3. The first kappa shape index (κ1) is 24.3. The minimum atomic E-state index is -0.673. The number of rotatable bonds is 10. The molecule has 0 aliphatic carbocycles. The van der Waals surface area contributed by atoms with Crippen LogP contribution in [0.1, 0.15) is 48.9 Å². The number of ether oxygens (including phenoxy) is 1. The van der Waals surface area contributed by atoms with Crippen LogP contribution < -0.4 is 4.74 Å². The van der Waals surface area contributed by atoms with E-state index in [-0.39, 0.29) is 11.3 Å². The minimum Gasteiger partial charge on any atom is -0.507 e. The van der Waals surface area contributed by atoms with Crippen LogP contribution in [0.25, 0.3) is 5.76 Å². The molecular weight excluding hydrogens is 438 g/mol. The van der Waals surface area contributed by atoms with Crippen molar-refractivity contribution in [1.29, 1.82) is 0 Å². The molecule has 0 radical (unpaired) electrons. The Bertz CT molecular complexity index is 1170. The molecule has 3 aromatic rings. The highest BCUT2D eigenvalue weighted by atomic mass is 16.5. The van der Waals surface area contributed by atoms with Crippen LogP contribution in [-0.4, -0.2) is 34.8 Å². The molecule has 0 saturated carbocycles. The molecule has 1 N–H and O–H groups in total. The van der Waals surface area contributed by atoms with E-state index >= 15 is 0 Å². The van der Waals surface area contributed by atoms with Crippen LogP contribution in [0.2, 0.25) is 0 Å². The van der Waals surface area contributed by atoms with Crippen molar-refractivity contribution in [3.8, 4) is 5.75 Å². The second-order valence-electron chi connectivity index (χ2n) is 8.72. The molecule has 3 aromatic carbocycles. The van der Waals surface area contributed by atoms with Crippen molar-refractivity contribution >= 4 is 17.4 Å². The Balaban J connectivity index is 1.67. The van der Waals surface area contributed by atoms with Crippen LogP contribution in [0.15, 0.2) is 90.5 Å². The molecule has 1 atom stereocenters. The number of ketones is 1. The normalized spacial score (nSPS) is 17.1. The smallest absolute Gasteiger partial charge is 0.295 e. The standard InChI is InChI=1S/C30H31NO4/c1-2-3-10-21-35-25-17-15-23(16-18-25)27-26(28(32)24-13-8-5-9-14-24)29(33)30(34)31(27)20-19-22-11-6-4-7-12-22/h4-9,11-18,27,32H,2-3,10,19-21H2,1H3/b28-26+. The zero-order valence-corrected chi connectivity index (χ0v) is 20.0. The molecule has 1 aliphatic rings. The van der Waals surface area contributed by atoms with Crippen molar-refractivity contribution in [3.63, 3.8) is 0 Å². The van der Waals surface area contributed by atoms with Crippen LogP contribution in [0.4, 0.5) is 0 Å². The highest BCUT2D eigenvalue weighted by molar-refractivity contribution is 6.46. The Morgan fingerprint density at radius 2 is 1.54 bits per heavy atom. The van der Waals surface area contributed by atoms with Gasteiger partial charge >= 0.3 is 0 Å². The largest absolute Gasteiger partial charge is 0.507 e. The van der Waals surface area contributed by atoms with E-state index in [0.717, 1.165) is 36.1 Å². The van der Waals surface area contributed by atoms with Crippen LogP contribution >= 0.6 is 0 Å². The van der Waals surface area contributed by atoms with Gasteiger partial charge < -0.3 is 14.7 Å². The molecule has 4 rings (SSSR count). The van der Waals surface area contributed by atoms with Gasteiger partial charge in [-0.1, -0.05) is 92.6 Å². The van der Waals surface area contributed by atoms with E-state index in [4.69, 9.17) is 4.74 Å². The summed E-state index contributed by atoms with van der Waals surface area (Å²) in [5.41, 5.74) is 2.46. The molecule has 1 heterocycles. The summed E-state index contributed by atoms with van der Waals surface area (Å²) in [6.07, 6.45) is 3.85. The van der Waals surface area contributed by atoms with Crippen molar-refractivity contribution in [2.45, 2.75) is 38.6 Å². The predicted molar refractivity (Wildman–Crippen MR) is 137 cm³/mol. The zero-order chi connectivity index (χ0) is 24.6. The molecule has 5 nitrogen and oxygen atoms in total. The lowest BCUT2D eigenvalue weighted by molar-refractivity contribution is -0.139. The third-order valence-corrected chi connectivity index (χ3v) is 6.28. The van der Waals surface area contributed by atoms with Gasteiger partial charge in [0.1, 0.15) is 11.5 Å². The molecule has 0 bridgehead atoms. The molecule has 1 fully saturated rings. The number of aliphatic hydroxyl groups is 1. The van der Waals surface area contributed by atoms with Gasteiger partial charge in [-0.2, -0.15) is 0 Å². The first-order valence-corrected chi connectivity index (χ1v) is 12.2. The number of amides is 1. The maximum Gasteiger partial charge on any atom is 0.295 e. The number of hydrogen-bond donors (Lipinski definition) is 1. The van der Waals surface area contributed by atoms with Gasteiger partial charge in [0, 0.05) is 12.1 Å². The van der Waals surface area contributed by atoms with Gasteiger partial charge in [-0.25, -0.2) is 0 Å². The maximum atomic E-state index is 13.2. The van der Waals surface area contributed by atoms with Crippen LogP contribution in [-0.2, 0) is 16.0 Å². The first-order valence-electron chi connectivity index (χ1n) is 12.2. The highest BCUT2D eigenvalue weighted by Crippen LogP contribution is 2.39. The molecule has 1 unspecified atom stereocenters. The van der Waals surface area contributed by atoms with E-state index in [1.54, 1.807) is 29.2 Å². The van der Waals surface area contributed by atoms with E-state index in [1.165, 1.54) is 0 Å². The second-order valence-corrected chi connectivity index (χ2v) is 8.72. The van der Waals surface area contributed by atoms with Gasteiger partial charge in [-0.05, 0) is 36.1 Å². The highest BCUT2D eigenvalue weighted by Gasteiger charge is 2.45. The Kier molecular flexibility index (Phi) is 7.99. The summed E-state index contributed by atoms with van der Waals surface area (Å²) < 4.78 is 5.83. The lowest BCUT2D eigenvalue weighted by Crippen LogP contribution is -2.31. The molecule has 180 valence electrons. The average molecular weight is 470 g/mol. The van der Waals surface area contributed by atoms with Crippen molar-refractivity contribution in [2.24, 2.45) is 0 Å². The number of unbranched alkanes of at least 4 members (excludes halogenated alkanes) is 2. The summed E-state index contributed by atoms with van der Waals surface area (Å²) in [5, 5.41) is 11.1. The Morgan fingerprint density at radius 1 is 0.886 bits per heavy atom. The fourth-order valence-electron chi connectivity index (χ4n) is 4.39. The Labute approximate surface area is 206 Å². The molecule has 0 aromatic heterocycles. The Hall–Kier alpha value is -3.86. The van der Waals surface area contributed by atoms with Crippen molar-refractivity contribution in [2.75, 3.05) is 13.2 Å². The van der Waals surface area contributed by atoms with Gasteiger partial charge in [-0.3, -0.25) is 9.59 Å². The summed E-state index contributed by atoms with van der Waals surface area (Å²) in [5.74, 6) is -0.669. The fourth-order valence-corrected chi connectivity index (χ4v) is 4.39. The SMILES string of the molecule is CCCCCOc1ccc(C2/C(=C(\O)c3ccccc3)C(=O)C(=O)N2CCc2ccccc2)cc1. The molecule has 1 saturated heterocycles. The van der Waals surface area contributed by atoms with Gasteiger partial charge in [0.05, 0.1) is 18.2 Å². The summed E-state index contributed by atoms with van der Waals surface area (Å²) in [4.78, 5) is 27.9. The number of Topliss-reactive ketones (excluding diaryl/α,β-unsaturated/α-hetero) is 1. The number of aliphatic hydroxyl groups excluding tert-OH is 1.